The molecule has 18 heavy (non-hydrogen) atoms. The molecular formula is C13H13NO2S2. The second kappa shape index (κ2) is 4.74. The van der Waals surface area contributed by atoms with Gasteiger partial charge in [0.15, 0.2) is 0 Å². The molecule has 0 bridgehead atoms. The van der Waals surface area contributed by atoms with Crippen LogP contribution < -0.4 is 4.90 Å². The summed E-state index contributed by atoms with van der Waals surface area (Å²) in [7, 11) is 0. The maximum absolute atomic E-state index is 10.9. The van der Waals surface area contributed by atoms with Gasteiger partial charge >= 0.3 is 5.97 Å². The first-order valence-corrected chi connectivity index (χ1v) is 7.61. The van der Waals surface area contributed by atoms with E-state index in [2.05, 4.69) is 22.4 Å². The van der Waals surface area contributed by atoms with Crippen molar-refractivity contribution < 1.29 is 9.90 Å². The lowest BCUT2D eigenvalue weighted by Gasteiger charge is -2.22. The summed E-state index contributed by atoms with van der Waals surface area (Å²) < 4.78 is 0. The monoisotopic (exact) mass is 279 g/mol. The fourth-order valence-corrected chi connectivity index (χ4v) is 3.42. The van der Waals surface area contributed by atoms with Crippen LogP contribution in [0.25, 0.3) is 0 Å². The van der Waals surface area contributed by atoms with Gasteiger partial charge in [-0.3, -0.25) is 0 Å². The number of carboxylic acids is 1. The van der Waals surface area contributed by atoms with E-state index in [0.717, 1.165) is 12.2 Å². The van der Waals surface area contributed by atoms with Gasteiger partial charge in [0.2, 0.25) is 0 Å². The number of nitrogens with zero attached hydrogens (tertiary/aromatic N) is 1. The van der Waals surface area contributed by atoms with E-state index >= 15 is 0 Å². The molecule has 2 aromatic heterocycles. The summed E-state index contributed by atoms with van der Waals surface area (Å²) in [5.41, 5.74) is 1.05. The number of aromatic carboxylic acids is 1. The molecule has 1 fully saturated rings. The predicted molar refractivity (Wildman–Crippen MR) is 74.8 cm³/mol. The third-order valence-electron chi connectivity index (χ3n) is 3.02. The minimum absolute atomic E-state index is 0.418. The van der Waals surface area contributed by atoms with Gasteiger partial charge in [0.05, 0.1) is 6.54 Å². The van der Waals surface area contributed by atoms with Gasteiger partial charge in [-0.25, -0.2) is 4.79 Å². The first kappa shape index (κ1) is 11.7. The zero-order valence-corrected chi connectivity index (χ0v) is 11.3. The first-order valence-electron chi connectivity index (χ1n) is 5.85. The van der Waals surface area contributed by atoms with Crippen LogP contribution in [0.15, 0.2) is 29.0 Å². The van der Waals surface area contributed by atoms with Crippen LogP contribution in [-0.2, 0) is 6.54 Å². The largest absolute Gasteiger partial charge is 0.477 e. The number of thiophene rings is 2. The number of rotatable bonds is 5. The lowest BCUT2D eigenvalue weighted by atomic mass is 10.3. The molecule has 0 aromatic carbocycles. The molecule has 1 saturated carbocycles. The van der Waals surface area contributed by atoms with E-state index in [1.807, 2.05) is 5.38 Å². The number of hydrogen-bond donors (Lipinski definition) is 1. The van der Waals surface area contributed by atoms with Crippen molar-refractivity contribution in [2.75, 3.05) is 4.90 Å². The van der Waals surface area contributed by atoms with Crippen LogP contribution in [0.5, 0.6) is 0 Å². The van der Waals surface area contributed by atoms with Gasteiger partial charge in [0.25, 0.3) is 0 Å². The van der Waals surface area contributed by atoms with Gasteiger partial charge in [0, 0.05) is 22.0 Å². The molecule has 0 radical (unpaired) electrons. The van der Waals surface area contributed by atoms with E-state index in [1.54, 1.807) is 17.4 Å². The van der Waals surface area contributed by atoms with Crippen molar-refractivity contribution in [2.45, 2.75) is 25.4 Å². The van der Waals surface area contributed by atoms with E-state index in [1.165, 1.54) is 29.1 Å². The Bertz CT molecular complexity index is 543. The summed E-state index contributed by atoms with van der Waals surface area (Å²) in [6.45, 7) is 0.887. The van der Waals surface area contributed by atoms with Crippen molar-refractivity contribution >= 4 is 34.3 Å². The summed E-state index contributed by atoms with van der Waals surface area (Å²) in [5.74, 6) is -0.835. The Kier molecular flexibility index (Phi) is 3.09. The Hall–Kier alpha value is -1.33. The van der Waals surface area contributed by atoms with Crippen molar-refractivity contribution in [3.63, 3.8) is 0 Å². The normalized spacial score (nSPS) is 14.7. The zero-order chi connectivity index (χ0) is 12.5. The summed E-state index contributed by atoms with van der Waals surface area (Å²) in [5, 5.41) is 13.0. The smallest absolute Gasteiger partial charge is 0.345 e. The van der Waals surface area contributed by atoms with Gasteiger partial charge in [-0.15, -0.1) is 22.7 Å². The quantitative estimate of drug-likeness (QED) is 0.907. The predicted octanol–water partition coefficient (Wildman–Crippen LogP) is 3.68. The van der Waals surface area contributed by atoms with E-state index in [9.17, 15) is 4.79 Å². The minimum atomic E-state index is -0.835. The second-order valence-electron chi connectivity index (χ2n) is 4.41. The van der Waals surface area contributed by atoms with Crippen LogP contribution in [0.1, 0.15) is 27.4 Å². The highest BCUT2D eigenvalue weighted by atomic mass is 32.1. The highest BCUT2D eigenvalue weighted by Gasteiger charge is 2.30. The molecule has 3 rings (SSSR count). The summed E-state index contributed by atoms with van der Waals surface area (Å²) in [4.78, 5) is 15.0. The molecular weight excluding hydrogens is 266 g/mol. The van der Waals surface area contributed by atoms with Gasteiger partial charge in [-0.05, 0) is 30.4 Å². The molecule has 0 atom stereocenters. The standard InChI is InChI=1S/C13H13NO2S2/c15-13(16)12-6-10(8-18-12)14(9-3-4-9)7-11-2-1-5-17-11/h1-2,5-6,8-9H,3-4,7H2,(H,15,16). The number of hydrogen-bond acceptors (Lipinski definition) is 4. The molecule has 0 aliphatic heterocycles. The van der Waals surface area contributed by atoms with Crippen molar-refractivity contribution in [1.82, 2.24) is 0 Å². The van der Waals surface area contributed by atoms with Crippen molar-refractivity contribution in [3.8, 4) is 0 Å². The van der Waals surface area contributed by atoms with Gasteiger partial charge in [0.1, 0.15) is 4.88 Å². The molecule has 1 aliphatic rings. The highest BCUT2D eigenvalue weighted by molar-refractivity contribution is 7.12. The average Bonchev–Trinajstić information content (AvgIpc) is 2.88. The Labute approximate surface area is 113 Å². The molecule has 3 nitrogen and oxygen atoms in total. The Morgan fingerprint density at radius 3 is 2.83 bits per heavy atom. The second-order valence-corrected chi connectivity index (χ2v) is 6.36. The molecule has 2 heterocycles. The van der Waals surface area contributed by atoms with Crippen molar-refractivity contribution in [1.29, 1.82) is 0 Å². The molecule has 0 spiro atoms. The van der Waals surface area contributed by atoms with E-state index < -0.39 is 5.97 Å². The van der Waals surface area contributed by atoms with Crippen LogP contribution in [-0.4, -0.2) is 17.1 Å². The third kappa shape index (κ3) is 2.42. The molecule has 2 aromatic rings. The zero-order valence-electron chi connectivity index (χ0n) is 9.70. The molecule has 1 N–H and O–H groups in total. The summed E-state index contributed by atoms with van der Waals surface area (Å²) in [6, 6.07) is 6.56. The first-order chi connectivity index (χ1) is 8.74. The van der Waals surface area contributed by atoms with E-state index in [-0.39, 0.29) is 0 Å². The summed E-state index contributed by atoms with van der Waals surface area (Å²) >= 11 is 3.06. The van der Waals surface area contributed by atoms with Crippen LogP contribution in [0, 0.1) is 0 Å². The third-order valence-corrected chi connectivity index (χ3v) is 4.79. The summed E-state index contributed by atoms with van der Waals surface area (Å²) in [6.07, 6.45) is 2.42. The molecule has 94 valence electrons. The van der Waals surface area contributed by atoms with Gasteiger partial charge in [-0.2, -0.15) is 0 Å². The molecule has 0 saturated heterocycles. The fraction of sp³-hybridized carbons (Fsp3) is 0.308. The van der Waals surface area contributed by atoms with Gasteiger partial charge < -0.3 is 10.0 Å². The van der Waals surface area contributed by atoms with Crippen LogP contribution in [0.4, 0.5) is 5.69 Å². The van der Waals surface area contributed by atoms with Crippen LogP contribution in [0.3, 0.4) is 0 Å². The van der Waals surface area contributed by atoms with Crippen molar-refractivity contribution in [3.05, 3.63) is 38.7 Å². The Morgan fingerprint density at radius 2 is 2.28 bits per heavy atom. The lowest BCUT2D eigenvalue weighted by Crippen LogP contribution is -2.23. The minimum Gasteiger partial charge on any atom is -0.477 e. The molecule has 5 heteroatoms. The van der Waals surface area contributed by atoms with E-state index in [0.29, 0.717) is 10.9 Å². The van der Waals surface area contributed by atoms with Crippen LogP contribution in [0.2, 0.25) is 0 Å². The maximum atomic E-state index is 10.9. The fourth-order valence-electron chi connectivity index (χ4n) is 1.98. The lowest BCUT2D eigenvalue weighted by molar-refractivity contribution is 0.0702. The number of anilines is 1. The van der Waals surface area contributed by atoms with E-state index in [4.69, 9.17) is 5.11 Å². The van der Waals surface area contributed by atoms with Gasteiger partial charge in [-0.1, -0.05) is 6.07 Å². The maximum Gasteiger partial charge on any atom is 0.345 e. The van der Waals surface area contributed by atoms with Crippen LogP contribution >= 0.6 is 22.7 Å². The SMILES string of the molecule is O=C(O)c1cc(N(Cc2cccs2)C2CC2)cs1. The Morgan fingerprint density at radius 1 is 1.44 bits per heavy atom. The van der Waals surface area contributed by atoms with Crippen molar-refractivity contribution in [2.24, 2.45) is 0 Å². The number of carbonyl (C=O) groups is 1. The molecule has 1 aliphatic carbocycles. The number of carboxylic acid groups (broad SMARTS) is 1. The Balaban J connectivity index is 1.82. The topological polar surface area (TPSA) is 40.5 Å². The molecule has 0 amide bonds. The average molecular weight is 279 g/mol. The molecule has 0 unspecified atom stereocenters. The highest BCUT2D eigenvalue weighted by Crippen LogP contribution is 2.35.